The van der Waals surface area contributed by atoms with Crippen molar-refractivity contribution in [1.82, 2.24) is 10.0 Å². The van der Waals surface area contributed by atoms with E-state index in [9.17, 15) is 13.2 Å². The summed E-state index contributed by atoms with van der Waals surface area (Å²) in [5.74, 6) is -0.229. The summed E-state index contributed by atoms with van der Waals surface area (Å²) < 4.78 is 26.7. The minimum Gasteiger partial charge on any atom is -0.398 e. The molecule has 0 heterocycles. The van der Waals surface area contributed by atoms with E-state index in [1.165, 1.54) is 19.2 Å². The second-order valence-corrected chi connectivity index (χ2v) is 6.13. The highest BCUT2D eigenvalue weighted by atomic mass is 79.9. The van der Waals surface area contributed by atoms with Crippen molar-refractivity contribution in [2.75, 3.05) is 19.3 Å². The normalized spacial score (nSPS) is 11.2. The SMILES string of the molecule is CNC(=O)CCNS(=O)(=O)c1ccc(Br)c(N)c1. The van der Waals surface area contributed by atoms with Crippen LogP contribution in [0.4, 0.5) is 5.69 Å². The summed E-state index contributed by atoms with van der Waals surface area (Å²) in [6, 6.07) is 4.34. The Morgan fingerprint density at radius 1 is 1.44 bits per heavy atom. The number of benzene rings is 1. The fourth-order valence-electron chi connectivity index (χ4n) is 1.20. The summed E-state index contributed by atoms with van der Waals surface area (Å²) in [7, 11) is -2.14. The average molecular weight is 336 g/mol. The van der Waals surface area contributed by atoms with Crippen LogP contribution in [0, 0.1) is 0 Å². The van der Waals surface area contributed by atoms with Crippen LogP contribution in [0.1, 0.15) is 6.42 Å². The topological polar surface area (TPSA) is 101 Å². The molecule has 1 rings (SSSR count). The summed E-state index contributed by atoms with van der Waals surface area (Å²) in [5, 5.41) is 2.41. The van der Waals surface area contributed by atoms with Crippen LogP contribution < -0.4 is 15.8 Å². The molecule has 1 aromatic rings. The van der Waals surface area contributed by atoms with Gasteiger partial charge in [-0.25, -0.2) is 13.1 Å². The number of amides is 1. The molecule has 0 unspecified atom stereocenters. The van der Waals surface area contributed by atoms with Gasteiger partial charge in [0.25, 0.3) is 0 Å². The molecule has 0 bridgehead atoms. The largest absolute Gasteiger partial charge is 0.398 e. The third-order valence-corrected chi connectivity index (χ3v) is 4.38. The van der Waals surface area contributed by atoms with Gasteiger partial charge in [-0.2, -0.15) is 0 Å². The van der Waals surface area contributed by atoms with Gasteiger partial charge in [-0.1, -0.05) is 0 Å². The third-order valence-electron chi connectivity index (χ3n) is 2.20. The molecule has 1 amide bonds. The number of carbonyl (C=O) groups excluding carboxylic acids is 1. The van der Waals surface area contributed by atoms with E-state index in [2.05, 4.69) is 26.0 Å². The van der Waals surface area contributed by atoms with Gasteiger partial charge in [-0.3, -0.25) is 4.79 Å². The zero-order chi connectivity index (χ0) is 13.8. The van der Waals surface area contributed by atoms with Crippen molar-refractivity contribution in [1.29, 1.82) is 0 Å². The summed E-state index contributed by atoms with van der Waals surface area (Å²) in [6.07, 6.45) is 0.0851. The first kappa shape index (κ1) is 14.9. The number of hydrogen-bond donors (Lipinski definition) is 3. The molecule has 18 heavy (non-hydrogen) atoms. The number of nitrogens with one attached hydrogen (secondary N) is 2. The number of anilines is 1. The fourth-order valence-corrected chi connectivity index (χ4v) is 2.51. The Morgan fingerprint density at radius 2 is 2.11 bits per heavy atom. The molecule has 0 saturated heterocycles. The van der Waals surface area contributed by atoms with Crippen molar-refractivity contribution in [2.24, 2.45) is 0 Å². The fraction of sp³-hybridized carbons (Fsp3) is 0.300. The van der Waals surface area contributed by atoms with Crippen LogP contribution in [0.15, 0.2) is 27.6 Å². The van der Waals surface area contributed by atoms with E-state index < -0.39 is 10.0 Å². The van der Waals surface area contributed by atoms with Gasteiger partial charge in [0.15, 0.2) is 0 Å². The molecule has 0 aliphatic carbocycles. The van der Waals surface area contributed by atoms with E-state index >= 15 is 0 Å². The van der Waals surface area contributed by atoms with Crippen molar-refractivity contribution in [3.63, 3.8) is 0 Å². The molecule has 100 valence electrons. The zero-order valence-electron chi connectivity index (χ0n) is 9.73. The van der Waals surface area contributed by atoms with Crippen molar-refractivity contribution < 1.29 is 13.2 Å². The maximum absolute atomic E-state index is 11.9. The van der Waals surface area contributed by atoms with E-state index in [0.29, 0.717) is 10.2 Å². The Balaban J connectivity index is 2.74. The molecule has 0 fully saturated rings. The number of sulfonamides is 1. The monoisotopic (exact) mass is 335 g/mol. The second kappa shape index (κ2) is 6.17. The van der Waals surface area contributed by atoms with Gasteiger partial charge in [0.2, 0.25) is 15.9 Å². The first-order valence-electron chi connectivity index (χ1n) is 5.12. The minimum atomic E-state index is -3.63. The molecule has 1 aromatic carbocycles. The lowest BCUT2D eigenvalue weighted by Crippen LogP contribution is -2.29. The predicted octanol–water partition coefficient (Wildman–Crippen LogP) is 0.446. The first-order valence-corrected chi connectivity index (χ1v) is 7.39. The number of rotatable bonds is 5. The Morgan fingerprint density at radius 3 is 2.67 bits per heavy atom. The Bertz CT molecular complexity index is 545. The van der Waals surface area contributed by atoms with Crippen molar-refractivity contribution in [3.05, 3.63) is 22.7 Å². The van der Waals surface area contributed by atoms with Crippen molar-refractivity contribution >= 4 is 37.5 Å². The molecule has 0 aliphatic heterocycles. The lowest BCUT2D eigenvalue weighted by Gasteiger charge is -2.07. The highest BCUT2D eigenvalue weighted by Crippen LogP contribution is 2.22. The summed E-state index contributed by atoms with van der Waals surface area (Å²) >= 11 is 3.18. The Hall–Kier alpha value is -1.12. The Labute approximate surface area is 114 Å². The molecule has 4 N–H and O–H groups in total. The van der Waals surface area contributed by atoms with Gasteiger partial charge >= 0.3 is 0 Å². The van der Waals surface area contributed by atoms with Crippen LogP contribution in [-0.2, 0) is 14.8 Å². The van der Waals surface area contributed by atoms with Crippen LogP contribution >= 0.6 is 15.9 Å². The molecule has 0 aromatic heterocycles. The van der Waals surface area contributed by atoms with E-state index in [-0.39, 0.29) is 23.8 Å². The van der Waals surface area contributed by atoms with Crippen LogP contribution in [-0.4, -0.2) is 27.9 Å². The quantitative estimate of drug-likeness (QED) is 0.680. The minimum absolute atomic E-state index is 0.0397. The van der Waals surface area contributed by atoms with Crippen LogP contribution in [0.5, 0.6) is 0 Å². The standard InChI is InChI=1S/C10H14BrN3O3S/c1-13-10(15)4-5-14-18(16,17)7-2-3-8(11)9(12)6-7/h2-3,6,14H,4-5,12H2,1H3,(H,13,15). The summed E-state index contributed by atoms with van der Waals surface area (Å²) in [4.78, 5) is 11.0. The number of hydrogen-bond acceptors (Lipinski definition) is 4. The average Bonchev–Trinajstić information content (AvgIpc) is 2.32. The van der Waals surface area contributed by atoms with Gasteiger partial charge < -0.3 is 11.1 Å². The second-order valence-electron chi connectivity index (χ2n) is 3.50. The van der Waals surface area contributed by atoms with E-state index in [4.69, 9.17) is 5.73 Å². The molecule has 0 atom stereocenters. The number of nitrogen functional groups attached to an aromatic ring is 1. The highest BCUT2D eigenvalue weighted by Gasteiger charge is 2.14. The smallest absolute Gasteiger partial charge is 0.240 e. The van der Waals surface area contributed by atoms with Gasteiger partial charge in [-0.15, -0.1) is 0 Å². The molecule has 6 nitrogen and oxygen atoms in total. The van der Waals surface area contributed by atoms with Gasteiger partial charge in [-0.05, 0) is 34.1 Å². The van der Waals surface area contributed by atoms with Crippen LogP contribution in [0.25, 0.3) is 0 Å². The predicted molar refractivity (Wildman–Crippen MR) is 72.4 cm³/mol. The zero-order valence-corrected chi connectivity index (χ0v) is 12.1. The molecular formula is C10H14BrN3O3S. The highest BCUT2D eigenvalue weighted by molar-refractivity contribution is 9.10. The van der Waals surface area contributed by atoms with Crippen LogP contribution in [0.3, 0.4) is 0 Å². The van der Waals surface area contributed by atoms with E-state index in [0.717, 1.165) is 0 Å². The van der Waals surface area contributed by atoms with E-state index in [1.807, 2.05) is 0 Å². The molecule has 0 radical (unpaired) electrons. The molecule has 0 aliphatic rings. The molecule has 0 saturated carbocycles. The summed E-state index contributed by atoms with van der Waals surface area (Å²) in [6.45, 7) is 0.0397. The lowest BCUT2D eigenvalue weighted by molar-refractivity contribution is -0.120. The van der Waals surface area contributed by atoms with Gasteiger partial charge in [0, 0.05) is 30.2 Å². The molecule has 8 heteroatoms. The van der Waals surface area contributed by atoms with Gasteiger partial charge in [0.05, 0.1) is 4.90 Å². The third kappa shape index (κ3) is 3.97. The van der Waals surface area contributed by atoms with Crippen molar-refractivity contribution in [2.45, 2.75) is 11.3 Å². The van der Waals surface area contributed by atoms with E-state index in [1.54, 1.807) is 6.07 Å². The van der Waals surface area contributed by atoms with Crippen molar-refractivity contribution in [3.8, 4) is 0 Å². The van der Waals surface area contributed by atoms with Gasteiger partial charge in [0.1, 0.15) is 0 Å². The Kier molecular flexibility index (Phi) is 5.12. The molecular weight excluding hydrogens is 322 g/mol. The molecule has 0 spiro atoms. The number of halogens is 1. The summed E-state index contributed by atoms with van der Waals surface area (Å²) in [5.41, 5.74) is 5.95. The maximum atomic E-state index is 11.9. The number of nitrogens with two attached hydrogens (primary N) is 1. The number of carbonyl (C=O) groups is 1. The lowest BCUT2D eigenvalue weighted by atomic mass is 10.3. The first-order chi connectivity index (χ1) is 8.36. The van der Waals surface area contributed by atoms with Crippen LogP contribution in [0.2, 0.25) is 0 Å². The maximum Gasteiger partial charge on any atom is 0.240 e.